The minimum atomic E-state index is -0.0306. The van der Waals surface area contributed by atoms with Gasteiger partial charge in [-0.15, -0.1) is 0 Å². The molecule has 0 aliphatic carbocycles. The van der Waals surface area contributed by atoms with Crippen molar-refractivity contribution in [1.82, 2.24) is 15.3 Å². The molecule has 104 valence electrons. The van der Waals surface area contributed by atoms with Gasteiger partial charge in [-0.05, 0) is 12.1 Å². The summed E-state index contributed by atoms with van der Waals surface area (Å²) in [6.45, 7) is 1.99. The zero-order valence-corrected chi connectivity index (χ0v) is 11.2. The van der Waals surface area contributed by atoms with E-state index >= 15 is 0 Å². The maximum absolute atomic E-state index is 11.9. The molecular weight excluding hydrogens is 254 g/mol. The highest BCUT2D eigenvalue weighted by Gasteiger charge is 2.14. The zero-order valence-electron chi connectivity index (χ0n) is 11.2. The number of para-hydroxylation sites is 1. The maximum Gasteiger partial charge on any atom is 0.255 e. The summed E-state index contributed by atoms with van der Waals surface area (Å²) in [6, 6.07) is 9.63. The van der Waals surface area contributed by atoms with Gasteiger partial charge in [0.05, 0.1) is 17.9 Å². The van der Waals surface area contributed by atoms with Crippen molar-refractivity contribution in [3.8, 4) is 5.75 Å². The summed E-state index contributed by atoms with van der Waals surface area (Å²) in [5.41, 5.74) is 1.66. The van der Waals surface area contributed by atoms with Crippen molar-refractivity contribution in [3.05, 3.63) is 57.8 Å². The Bertz CT molecular complexity index is 637. The molecule has 1 aromatic heterocycles. The van der Waals surface area contributed by atoms with E-state index in [9.17, 15) is 4.79 Å². The van der Waals surface area contributed by atoms with E-state index in [4.69, 9.17) is 4.74 Å². The monoisotopic (exact) mass is 271 g/mol. The standard InChI is InChI=1S/C15H17N3O2/c19-15-12-10-16-8-6-13(12)17-14(18-15)7-9-20-11-4-2-1-3-5-11/h1-5,16H,6-10H2,(H,17,18,19). The number of hydrogen-bond donors (Lipinski definition) is 2. The fourth-order valence-electron chi connectivity index (χ4n) is 2.31. The fourth-order valence-corrected chi connectivity index (χ4v) is 2.31. The number of H-pyrrole nitrogens is 1. The van der Waals surface area contributed by atoms with Crippen LogP contribution >= 0.6 is 0 Å². The minimum absolute atomic E-state index is 0.0306. The molecule has 0 saturated heterocycles. The van der Waals surface area contributed by atoms with Crippen LogP contribution in [0.15, 0.2) is 35.1 Å². The molecular formula is C15H17N3O2. The highest BCUT2D eigenvalue weighted by atomic mass is 16.5. The van der Waals surface area contributed by atoms with Crippen molar-refractivity contribution < 1.29 is 4.74 Å². The smallest absolute Gasteiger partial charge is 0.255 e. The molecule has 2 N–H and O–H groups in total. The van der Waals surface area contributed by atoms with Gasteiger partial charge in [-0.25, -0.2) is 4.98 Å². The summed E-state index contributed by atoms with van der Waals surface area (Å²) in [6.07, 6.45) is 1.41. The van der Waals surface area contributed by atoms with Crippen molar-refractivity contribution >= 4 is 0 Å². The van der Waals surface area contributed by atoms with Crippen molar-refractivity contribution in [2.75, 3.05) is 13.2 Å². The highest BCUT2D eigenvalue weighted by molar-refractivity contribution is 5.22. The molecule has 0 atom stereocenters. The molecule has 0 radical (unpaired) electrons. The Balaban J connectivity index is 1.66. The van der Waals surface area contributed by atoms with Gasteiger partial charge in [0.2, 0.25) is 0 Å². The van der Waals surface area contributed by atoms with Crippen molar-refractivity contribution in [3.63, 3.8) is 0 Å². The summed E-state index contributed by atoms with van der Waals surface area (Å²) in [7, 11) is 0. The maximum atomic E-state index is 11.9. The predicted molar refractivity (Wildman–Crippen MR) is 75.9 cm³/mol. The van der Waals surface area contributed by atoms with Gasteiger partial charge < -0.3 is 15.0 Å². The van der Waals surface area contributed by atoms with E-state index in [1.165, 1.54) is 0 Å². The molecule has 1 aromatic carbocycles. The third kappa shape index (κ3) is 2.88. The molecule has 0 fully saturated rings. The molecule has 0 saturated carbocycles. The largest absolute Gasteiger partial charge is 0.493 e. The Morgan fingerprint density at radius 2 is 2.10 bits per heavy atom. The first-order valence-electron chi connectivity index (χ1n) is 6.82. The van der Waals surface area contributed by atoms with Gasteiger partial charge in [-0.1, -0.05) is 18.2 Å². The first-order valence-corrected chi connectivity index (χ1v) is 6.82. The van der Waals surface area contributed by atoms with Crippen molar-refractivity contribution in [2.45, 2.75) is 19.4 Å². The Kier molecular flexibility index (Phi) is 3.78. The predicted octanol–water partition coefficient (Wildman–Crippen LogP) is 1.04. The second kappa shape index (κ2) is 5.88. The number of benzene rings is 1. The van der Waals surface area contributed by atoms with Crippen LogP contribution in [0.5, 0.6) is 5.75 Å². The van der Waals surface area contributed by atoms with E-state index in [-0.39, 0.29) is 5.56 Å². The Labute approximate surface area is 117 Å². The average Bonchev–Trinajstić information content (AvgIpc) is 2.48. The first-order chi connectivity index (χ1) is 9.83. The van der Waals surface area contributed by atoms with E-state index in [2.05, 4.69) is 15.3 Å². The van der Waals surface area contributed by atoms with Gasteiger partial charge in [-0.2, -0.15) is 0 Å². The van der Waals surface area contributed by atoms with E-state index in [0.29, 0.717) is 25.4 Å². The summed E-state index contributed by atoms with van der Waals surface area (Å²) in [4.78, 5) is 19.3. The SMILES string of the molecule is O=c1[nH]c(CCOc2ccccc2)nc2c1CNCC2. The number of fused-ring (bicyclic) bond motifs is 1. The van der Waals surface area contributed by atoms with Crippen molar-refractivity contribution in [1.29, 1.82) is 0 Å². The molecule has 0 bridgehead atoms. The van der Waals surface area contributed by atoms with Crippen LogP contribution < -0.4 is 15.6 Å². The number of rotatable bonds is 4. The quantitative estimate of drug-likeness (QED) is 0.872. The van der Waals surface area contributed by atoms with Crippen LogP contribution in [-0.2, 0) is 19.4 Å². The lowest BCUT2D eigenvalue weighted by Gasteiger charge is -2.15. The van der Waals surface area contributed by atoms with Crippen LogP contribution in [0.4, 0.5) is 0 Å². The number of hydrogen-bond acceptors (Lipinski definition) is 4. The van der Waals surface area contributed by atoms with Gasteiger partial charge in [0, 0.05) is 25.9 Å². The summed E-state index contributed by atoms with van der Waals surface area (Å²) in [5.74, 6) is 1.53. The molecule has 2 heterocycles. The lowest BCUT2D eigenvalue weighted by molar-refractivity contribution is 0.318. The number of aromatic nitrogens is 2. The molecule has 2 aromatic rings. The summed E-state index contributed by atoms with van der Waals surface area (Å²) < 4.78 is 5.62. The number of aromatic amines is 1. The van der Waals surface area contributed by atoms with Crippen LogP contribution in [0.2, 0.25) is 0 Å². The van der Waals surface area contributed by atoms with E-state index in [0.717, 1.165) is 30.0 Å². The van der Waals surface area contributed by atoms with Gasteiger partial charge in [0.25, 0.3) is 5.56 Å². The second-order valence-electron chi connectivity index (χ2n) is 4.78. The summed E-state index contributed by atoms with van der Waals surface area (Å²) in [5, 5.41) is 3.18. The minimum Gasteiger partial charge on any atom is -0.493 e. The molecule has 5 heteroatoms. The molecule has 0 unspecified atom stereocenters. The Hall–Kier alpha value is -2.14. The van der Waals surface area contributed by atoms with Crippen molar-refractivity contribution in [2.24, 2.45) is 0 Å². The van der Waals surface area contributed by atoms with E-state index in [1.807, 2.05) is 30.3 Å². The van der Waals surface area contributed by atoms with Crippen LogP contribution in [0.1, 0.15) is 17.1 Å². The molecule has 0 spiro atoms. The number of nitrogens with zero attached hydrogens (tertiary/aromatic N) is 1. The topological polar surface area (TPSA) is 67.0 Å². The number of ether oxygens (including phenoxy) is 1. The van der Waals surface area contributed by atoms with Crippen LogP contribution in [0, 0.1) is 0 Å². The number of nitrogens with one attached hydrogen (secondary N) is 2. The Morgan fingerprint density at radius 3 is 2.95 bits per heavy atom. The van der Waals surface area contributed by atoms with Gasteiger partial charge in [-0.3, -0.25) is 4.79 Å². The third-order valence-corrected chi connectivity index (χ3v) is 3.34. The molecule has 1 aliphatic rings. The molecule has 5 nitrogen and oxygen atoms in total. The van der Waals surface area contributed by atoms with Crippen LogP contribution in [-0.4, -0.2) is 23.1 Å². The van der Waals surface area contributed by atoms with E-state index < -0.39 is 0 Å². The van der Waals surface area contributed by atoms with E-state index in [1.54, 1.807) is 0 Å². The molecule has 0 amide bonds. The van der Waals surface area contributed by atoms with Crippen LogP contribution in [0.25, 0.3) is 0 Å². The van der Waals surface area contributed by atoms with Gasteiger partial charge in [0.15, 0.2) is 0 Å². The lowest BCUT2D eigenvalue weighted by Crippen LogP contribution is -2.32. The van der Waals surface area contributed by atoms with Gasteiger partial charge >= 0.3 is 0 Å². The zero-order chi connectivity index (χ0) is 13.8. The molecule has 3 rings (SSSR count). The summed E-state index contributed by atoms with van der Waals surface area (Å²) >= 11 is 0. The average molecular weight is 271 g/mol. The first kappa shape index (κ1) is 12.9. The second-order valence-corrected chi connectivity index (χ2v) is 4.78. The molecule has 1 aliphatic heterocycles. The normalized spacial score (nSPS) is 13.8. The Morgan fingerprint density at radius 1 is 1.25 bits per heavy atom. The molecule has 20 heavy (non-hydrogen) atoms. The van der Waals surface area contributed by atoms with Gasteiger partial charge in [0.1, 0.15) is 11.6 Å². The third-order valence-electron chi connectivity index (χ3n) is 3.34. The van der Waals surface area contributed by atoms with Crippen LogP contribution in [0.3, 0.4) is 0 Å². The lowest BCUT2D eigenvalue weighted by atomic mass is 10.1. The highest BCUT2D eigenvalue weighted by Crippen LogP contribution is 2.09. The fraction of sp³-hybridized carbons (Fsp3) is 0.333.